The minimum atomic E-state index is -0.346. The fourth-order valence-corrected chi connectivity index (χ4v) is 2.69. The fourth-order valence-electron chi connectivity index (χ4n) is 2.09. The van der Waals surface area contributed by atoms with Gasteiger partial charge in [0.25, 0.3) is 0 Å². The molecular formula is C16H11FO2S. The second-order valence-corrected chi connectivity index (χ2v) is 5.17. The van der Waals surface area contributed by atoms with Crippen LogP contribution >= 0.6 is 11.8 Å². The molecule has 0 amide bonds. The maximum absolute atomic E-state index is 13.2. The van der Waals surface area contributed by atoms with E-state index in [-0.39, 0.29) is 17.4 Å². The van der Waals surface area contributed by atoms with E-state index in [0.29, 0.717) is 16.5 Å². The molecule has 3 aromatic rings. The van der Waals surface area contributed by atoms with Crippen molar-refractivity contribution in [3.63, 3.8) is 0 Å². The first-order valence-corrected chi connectivity index (χ1v) is 7.28. The van der Waals surface area contributed by atoms with Gasteiger partial charge in [0.2, 0.25) is 5.78 Å². The van der Waals surface area contributed by atoms with Gasteiger partial charge >= 0.3 is 0 Å². The number of carbonyl (C=O) groups excluding carboxylic acids is 1. The number of halogens is 1. The standard InChI is InChI=1S/C16H11FO2S/c1-20-15-5-3-2-4-12(15)16(18)14-9-10-8-11(17)6-7-13(10)19-14/h2-9H,1H3. The average molecular weight is 286 g/mol. The van der Waals surface area contributed by atoms with E-state index in [2.05, 4.69) is 0 Å². The smallest absolute Gasteiger partial charge is 0.229 e. The maximum Gasteiger partial charge on any atom is 0.229 e. The van der Waals surface area contributed by atoms with Crippen molar-refractivity contribution in [3.8, 4) is 0 Å². The Kier molecular flexibility index (Phi) is 3.32. The topological polar surface area (TPSA) is 30.2 Å². The molecule has 1 heterocycles. The second-order valence-electron chi connectivity index (χ2n) is 4.32. The molecule has 0 unspecified atom stereocenters. The minimum absolute atomic E-state index is 0.188. The minimum Gasteiger partial charge on any atom is -0.453 e. The van der Waals surface area contributed by atoms with Gasteiger partial charge in [0.15, 0.2) is 5.76 Å². The van der Waals surface area contributed by atoms with Gasteiger partial charge in [0.05, 0.1) is 0 Å². The number of benzene rings is 2. The van der Waals surface area contributed by atoms with Gasteiger partial charge in [-0.3, -0.25) is 4.79 Å². The first-order chi connectivity index (χ1) is 9.69. The molecule has 100 valence electrons. The van der Waals surface area contributed by atoms with Crippen molar-refractivity contribution in [2.24, 2.45) is 0 Å². The molecule has 0 saturated carbocycles. The Balaban J connectivity index is 2.08. The summed E-state index contributed by atoms with van der Waals surface area (Å²) < 4.78 is 18.7. The van der Waals surface area contributed by atoms with Gasteiger partial charge in [-0.2, -0.15) is 0 Å². The van der Waals surface area contributed by atoms with Gasteiger partial charge in [-0.25, -0.2) is 4.39 Å². The number of fused-ring (bicyclic) bond motifs is 1. The van der Waals surface area contributed by atoms with Crippen molar-refractivity contribution in [1.29, 1.82) is 0 Å². The van der Waals surface area contributed by atoms with Crippen molar-refractivity contribution < 1.29 is 13.6 Å². The van der Waals surface area contributed by atoms with Crippen molar-refractivity contribution in [3.05, 3.63) is 65.7 Å². The van der Waals surface area contributed by atoms with Crippen LogP contribution in [0.4, 0.5) is 4.39 Å². The lowest BCUT2D eigenvalue weighted by molar-refractivity contribution is 0.101. The Morgan fingerprint density at radius 1 is 1.15 bits per heavy atom. The molecule has 0 atom stereocenters. The summed E-state index contributed by atoms with van der Waals surface area (Å²) in [5.74, 6) is -0.305. The van der Waals surface area contributed by atoms with Gasteiger partial charge in [-0.15, -0.1) is 11.8 Å². The number of thioether (sulfide) groups is 1. The Morgan fingerprint density at radius 2 is 1.95 bits per heavy atom. The van der Waals surface area contributed by atoms with Crippen molar-refractivity contribution in [1.82, 2.24) is 0 Å². The molecule has 20 heavy (non-hydrogen) atoms. The van der Waals surface area contributed by atoms with Crippen LogP contribution in [0.2, 0.25) is 0 Å². The zero-order chi connectivity index (χ0) is 14.1. The van der Waals surface area contributed by atoms with E-state index in [9.17, 15) is 9.18 Å². The predicted octanol–water partition coefficient (Wildman–Crippen LogP) is 4.52. The van der Waals surface area contributed by atoms with E-state index in [0.717, 1.165) is 4.90 Å². The third kappa shape index (κ3) is 2.23. The third-order valence-electron chi connectivity index (χ3n) is 3.05. The summed E-state index contributed by atoms with van der Waals surface area (Å²) >= 11 is 1.51. The Bertz CT molecular complexity index is 792. The fraction of sp³-hybridized carbons (Fsp3) is 0.0625. The van der Waals surface area contributed by atoms with Crippen LogP contribution in [0, 0.1) is 5.82 Å². The number of furan rings is 1. The second kappa shape index (κ2) is 5.13. The zero-order valence-electron chi connectivity index (χ0n) is 10.7. The summed E-state index contributed by atoms with van der Waals surface area (Å²) in [6.07, 6.45) is 1.92. The van der Waals surface area contributed by atoms with Crippen LogP contribution < -0.4 is 0 Å². The molecule has 0 aliphatic rings. The molecule has 4 heteroatoms. The van der Waals surface area contributed by atoms with Gasteiger partial charge < -0.3 is 4.42 Å². The van der Waals surface area contributed by atoms with Crippen molar-refractivity contribution >= 4 is 28.5 Å². The molecule has 0 fully saturated rings. The zero-order valence-corrected chi connectivity index (χ0v) is 11.5. The van der Waals surface area contributed by atoms with Gasteiger partial charge in [0.1, 0.15) is 11.4 Å². The lowest BCUT2D eigenvalue weighted by atomic mass is 10.1. The summed E-state index contributed by atoms with van der Waals surface area (Å²) in [6, 6.07) is 13.1. The molecule has 2 aromatic carbocycles. The van der Waals surface area contributed by atoms with Crippen LogP contribution in [0.1, 0.15) is 16.1 Å². The highest BCUT2D eigenvalue weighted by atomic mass is 32.2. The monoisotopic (exact) mass is 286 g/mol. The van der Waals surface area contributed by atoms with Gasteiger partial charge in [0, 0.05) is 15.8 Å². The van der Waals surface area contributed by atoms with E-state index in [4.69, 9.17) is 4.42 Å². The van der Waals surface area contributed by atoms with Crippen LogP contribution in [0.5, 0.6) is 0 Å². The van der Waals surface area contributed by atoms with Crippen molar-refractivity contribution in [2.75, 3.05) is 6.26 Å². The summed E-state index contributed by atoms with van der Waals surface area (Å²) in [5, 5.41) is 0.593. The number of hydrogen-bond donors (Lipinski definition) is 0. The molecule has 0 radical (unpaired) electrons. The van der Waals surface area contributed by atoms with E-state index in [1.165, 1.54) is 30.0 Å². The molecule has 0 N–H and O–H groups in total. The summed E-state index contributed by atoms with van der Waals surface area (Å²) in [7, 11) is 0. The highest BCUT2D eigenvalue weighted by molar-refractivity contribution is 7.98. The number of carbonyl (C=O) groups is 1. The van der Waals surface area contributed by atoms with E-state index < -0.39 is 0 Å². The summed E-state index contributed by atoms with van der Waals surface area (Å²) in [5.41, 5.74) is 1.11. The maximum atomic E-state index is 13.2. The summed E-state index contributed by atoms with van der Waals surface area (Å²) in [4.78, 5) is 13.4. The lowest BCUT2D eigenvalue weighted by Gasteiger charge is -2.03. The summed E-state index contributed by atoms with van der Waals surface area (Å²) in [6.45, 7) is 0. The Labute approximate surface area is 119 Å². The Hall–Kier alpha value is -2.07. The molecular weight excluding hydrogens is 275 g/mol. The molecule has 0 aliphatic carbocycles. The van der Waals surface area contributed by atoms with Gasteiger partial charge in [-0.05, 0) is 42.7 Å². The molecule has 3 rings (SSSR count). The van der Waals surface area contributed by atoms with Crippen LogP contribution in [-0.4, -0.2) is 12.0 Å². The molecule has 1 aromatic heterocycles. The molecule has 0 bridgehead atoms. The number of ketones is 1. The number of hydrogen-bond acceptors (Lipinski definition) is 3. The molecule has 0 spiro atoms. The van der Waals surface area contributed by atoms with Crippen LogP contribution in [0.15, 0.2) is 57.8 Å². The Morgan fingerprint density at radius 3 is 2.75 bits per heavy atom. The third-order valence-corrected chi connectivity index (χ3v) is 3.85. The normalized spacial score (nSPS) is 10.9. The van der Waals surface area contributed by atoms with Crippen LogP contribution in [-0.2, 0) is 0 Å². The SMILES string of the molecule is CSc1ccccc1C(=O)c1cc2cc(F)ccc2o1. The highest BCUT2D eigenvalue weighted by Crippen LogP contribution is 2.26. The molecule has 0 saturated heterocycles. The van der Waals surface area contributed by atoms with Crippen molar-refractivity contribution in [2.45, 2.75) is 4.90 Å². The lowest BCUT2D eigenvalue weighted by Crippen LogP contribution is -2.01. The first-order valence-electron chi connectivity index (χ1n) is 6.06. The van der Waals surface area contributed by atoms with Crippen LogP contribution in [0.3, 0.4) is 0 Å². The van der Waals surface area contributed by atoms with E-state index >= 15 is 0 Å². The predicted molar refractivity (Wildman–Crippen MR) is 77.8 cm³/mol. The molecule has 2 nitrogen and oxygen atoms in total. The van der Waals surface area contributed by atoms with E-state index in [1.54, 1.807) is 12.1 Å². The number of rotatable bonds is 3. The quantitative estimate of drug-likeness (QED) is 0.523. The van der Waals surface area contributed by atoms with Gasteiger partial charge in [-0.1, -0.05) is 12.1 Å². The van der Waals surface area contributed by atoms with Crippen LogP contribution in [0.25, 0.3) is 11.0 Å². The first kappa shape index (κ1) is 12.9. The highest BCUT2D eigenvalue weighted by Gasteiger charge is 2.17. The largest absolute Gasteiger partial charge is 0.453 e. The average Bonchev–Trinajstić information content (AvgIpc) is 2.89. The van der Waals surface area contributed by atoms with E-state index in [1.807, 2.05) is 24.5 Å². The molecule has 0 aliphatic heterocycles.